The summed E-state index contributed by atoms with van der Waals surface area (Å²) >= 11 is 11.5. The van der Waals surface area contributed by atoms with Crippen LogP contribution >= 0.6 is 23.8 Å². The lowest BCUT2D eigenvalue weighted by molar-refractivity contribution is 0.269. The van der Waals surface area contributed by atoms with Crippen molar-refractivity contribution < 1.29 is 13.9 Å². The summed E-state index contributed by atoms with van der Waals surface area (Å²) in [5.41, 5.74) is 5.90. The van der Waals surface area contributed by atoms with Gasteiger partial charge in [-0.15, -0.1) is 0 Å². The number of nitrogens with one attached hydrogen (secondary N) is 2. The Kier molecular flexibility index (Phi) is 7.26. The smallest absolute Gasteiger partial charge is 0.214 e. The fourth-order valence-corrected chi connectivity index (χ4v) is 3.66. The third-order valence-corrected chi connectivity index (χ3v) is 5.48. The number of rotatable bonds is 9. The summed E-state index contributed by atoms with van der Waals surface area (Å²) < 4.78 is 27.2. The Morgan fingerprint density at radius 3 is 2.64 bits per heavy atom. The molecule has 0 aliphatic rings. The molecule has 170 valence electrons. The molecule has 0 saturated carbocycles. The summed E-state index contributed by atoms with van der Waals surface area (Å²) in [6, 6.07) is 19.7. The molecule has 33 heavy (non-hydrogen) atoms. The molecule has 2 N–H and O–H groups in total. The molecule has 0 spiro atoms. The van der Waals surface area contributed by atoms with E-state index in [2.05, 4.69) is 15.6 Å². The van der Waals surface area contributed by atoms with Crippen LogP contribution in [0.15, 0.2) is 66.7 Å². The van der Waals surface area contributed by atoms with E-state index in [1.54, 1.807) is 10.7 Å². The van der Waals surface area contributed by atoms with Crippen LogP contribution in [0.25, 0.3) is 11.4 Å². The van der Waals surface area contributed by atoms with Gasteiger partial charge in [0.2, 0.25) is 4.77 Å². The third kappa shape index (κ3) is 5.53. The zero-order chi connectivity index (χ0) is 23.2. The normalized spacial score (nSPS) is 10.8. The number of hydrogen-bond donors (Lipinski definition) is 2. The number of hydrogen-bond acceptors (Lipinski definition) is 5. The summed E-state index contributed by atoms with van der Waals surface area (Å²) in [4.78, 5) is 0. The van der Waals surface area contributed by atoms with Crippen LogP contribution in [0.3, 0.4) is 0 Å². The van der Waals surface area contributed by atoms with Crippen molar-refractivity contribution in [1.29, 1.82) is 0 Å². The predicted octanol–water partition coefficient (Wildman–Crippen LogP) is 6.12. The monoisotopic (exact) mass is 484 g/mol. The highest BCUT2D eigenvalue weighted by atomic mass is 35.5. The lowest BCUT2D eigenvalue weighted by Crippen LogP contribution is -2.16. The molecule has 9 heteroatoms. The molecule has 0 saturated heterocycles. The molecular weight excluding hydrogens is 463 g/mol. The Bertz CT molecular complexity index is 1290. The first-order chi connectivity index (χ1) is 16.0. The summed E-state index contributed by atoms with van der Waals surface area (Å²) in [5.74, 6) is 1.49. The highest BCUT2D eigenvalue weighted by molar-refractivity contribution is 7.71. The molecule has 0 aliphatic carbocycles. The van der Waals surface area contributed by atoms with E-state index in [4.69, 9.17) is 33.3 Å². The van der Waals surface area contributed by atoms with Gasteiger partial charge in [-0.2, -0.15) is 5.10 Å². The van der Waals surface area contributed by atoms with Gasteiger partial charge >= 0.3 is 0 Å². The standard InChI is InChI=1S/C24H22ClFN4O2S/c1-2-31-22-12-16(8-11-21(22)32-15-18-9-10-19(26)13-20(18)25)14-27-30-23(28-29-24(30)33)17-6-4-3-5-7-17/h3-13,27H,2,14-15H2,1H3,(H,29,33). The Hall–Kier alpha value is -3.36. The Morgan fingerprint density at radius 1 is 1.06 bits per heavy atom. The fourth-order valence-electron chi connectivity index (χ4n) is 3.24. The van der Waals surface area contributed by atoms with E-state index in [1.807, 2.05) is 55.5 Å². The molecule has 0 fully saturated rings. The van der Waals surface area contributed by atoms with Gasteiger partial charge in [0.25, 0.3) is 0 Å². The van der Waals surface area contributed by atoms with Crippen molar-refractivity contribution in [3.63, 3.8) is 0 Å². The van der Waals surface area contributed by atoms with Gasteiger partial charge in [-0.3, -0.25) is 0 Å². The van der Waals surface area contributed by atoms with Gasteiger partial charge in [-0.25, -0.2) is 14.2 Å². The van der Waals surface area contributed by atoms with E-state index in [0.29, 0.717) is 45.8 Å². The van der Waals surface area contributed by atoms with Gasteiger partial charge in [0, 0.05) is 11.1 Å². The quantitative estimate of drug-likeness (QED) is 0.280. The second-order valence-electron chi connectivity index (χ2n) is 7.13. The number of benzene rings is 3. The second kappa shape index (κ2) is 10.5. The molecule has 0 bridgehead atoms. The number of nitrogens with zero attached hydrogens (tertiary/aromatic N) is 2. The van der Waals surface area contributed by atoms with Gasteiger partial charge in [-0.1, -0.05) is 54.1 Å². The molecule has 1 heterocycles. The molecule has 4 aromatic rings. The Morgan fingerprint density at radius 2 is 1.88 bits per heavy atom. The zero-order valence-corrected chi connectivity index (χ0v) is 19.4. The summed E-state index contributed by atoms with van der Waals surface area (Å²) in [7, 11) is 0. The highest BCUT2D eigenvalue weighted by Gasteiger charge is 2.11. The fraction of sp³-hybridized carbons (Fsp3) is 0.167. The largest absolute Gasteiger partial charge is 0.490 e. The second-order valence-corrected chi connectivity index (χ2v) is 7.92. The first kappa shape index (κ1) is 22.8. The van der Waals surface area contributed by atoms with Crippen molar-refractivity contribution in [2.75, 3.05) is 12.0 Å². The Balaban J connectivity index is 1.49. The van der Waals surface area contributed by atoms with Crippen LogP contribution in [-0.2, 0) is 13.2 Å². The predicted molar refractivity (Wildman–Crippen MR) is 129 cm³/mol. The van der Waals surface area contributed by atoms with E-state index in [9.17, 15) is 4.39 Å². The van der Waals surface area contributed by atoms with Crippen LogP contribution in [-0.4, -0.2) is 21.5 Å². The molecule has 6 nitrogen and oxygen atoms in total. The maximum absolute atomic E-state index is 13.3. The molecule has 4 rings (SSSR count). The first-order valence-corrected chi connectivity index (χ1v) is 11.1. The van der Waals surface area contributed by atoms with Crippen molar-refractivity contribution in [2.45, 2.75) is 20.1 Å². The average Bonchev–Trinajstić information content (AvgIpc) is 3.19. The third-order valence-electron chi connectivity index (χ3n) is 4.85. The molecule has 0 unspecified atom stereocenters. The van der Waals surface area contributed by atoms with Crippen molar-refractivity contribution in [3.8, 4) is 22.9 Å². The molecule has 3 aromatic carbocycles. The minimum Gasteiger partial charge on any atom is -0.490 e. The SMILES string of the molecule is CCOc1cc(CNn2c(-c3ccccc3)n[nH]c2=S)ccc1OCc1ccc(F)cc1Cl. The van der Waals surface area contributed by atoms with Crippen LogP contribution in [0.1, 0.15) is 18.1 Å². The maximum Gasteiger partial charge on any atom is 0.214 e. The lowest BCUT2D eigenvalue weighted by Gasteiger charge is -2.15. The van der Waals surface area contributed by atoms with Crippen molar-refractivity contribution >= 4 is 23.8 Å². The molecular formula is C24H22ClFN4O2S. The minimum atomic E-state index is -0.385. The number of ether oxygens (including phenoxy) is 2. The van der Waals surface area contributed by atoms with Gasteiger partial charge in [0.1, 0.15) is 12.4 Å². The van der Waals surface area contributed by atoms with Gasteiger partial charge in [0.05, 0.1) is 18.2 Å². The summed E-state index contributed by atoms with van der Waals surface area (Å²) in [6.07, 6.45) is 0. The summed E-state index contributed by atoms with van der Waals surface area (Å²) in [5, 5.41) is 7.48. The molecule has 1 aromatic heterocycles. The van der Waals surface area contributed by atoms with Crippen molar-refractivity contribution in [1.82, 2.24) is 14.9 Å². The van der Waals surface area contributed by atoms with E-state index >= 15 is 0 Å². The van der Waals surface area contributed by atoms with Gasteiger partial charge < -0.3 is 14.9 Å². The van der Waals surface area contributed by atoms with E-state index < -0.39 is 0 Å². The van der Waals surface area contributed by atoms with Crippen molar-refractivity contribution in [2.24, 2.45) is 0 Å². The number of aromatic nitrogens is 3. The summed E-state index contributed by atoms with van der Waals surface area (Å²) in [6.45, 7) is 3.07. The maximum atomic E-state index is 13.3. The number of halogens is 2. The van der Waals surface area contributed by atoms with E-state index in [0.717, 1.165) is 11.1 Å². The van der Waals surface area contributed by atoms with Gasteiger partial charge in [0.15, 0.2) is 17.3 Å². The molecule has 0 atom stereocenters. The lowest BCUT2D eigenvalue weighted by atomic mass is 10.2. The van der Waals surface area contributed by atoms with Crippen LogP contribution in [0.2, 0.25) is 5.02 Å². The molecule has 0 radical (unpaired) electrons. The van der Waals surface area contributed by atoms with Crippen LogP contribution in [0, 0.1) is 10.6 Å². The van der Waals surface area contributed by atoms with Crippen molar-refractivity contribution in [3.05, 3.63) is 93.5 Å². The van der Waals surface area contributed by atoms with Gasteiger partial charge in [-0.05, 0) is 49.0 Å². The molecule has 0 amide bonds. The highest BCUT2D eigenvalue weighted by Crippen LogP contribution is 2.30. The topological polar surface area (TPSA) is 64.1 Å². The van der Waals surface area contributed by atoms with Crippen LogP contribution in [0.4, 0.5) is 4.39 Å². The first-order valence-electron chi connectivity index (χ1n) is 10.3. The van der Waals surface area contributed by atoms with Crippen LogP contribution in [0.5, 0.6) is 11.5 Å². The number of aromatic amines is 1. The van der Waals surface area contributed by atoms with Crippen LogP contribution < -0.4 is 14.9 Å². The average molecular weight is 485 g/mol. The van der Waals surface area contributed by atoms with E-state index in [-0.39, 0.29) is 12.4 Å². The minimum absolute atomic E-state index is 0.196. The van der Waals surface area contributed by atoms with E-state index in [1.165, 1.54) is 12.1 Å². The number of H-pyrrole nitrogens is 1. The molecule has 0 aliphatic heterocycles. The zero-order valence-electron chi connectivity index (χ0n) is 17.8. The Labute approximate surface area is 200 Å².